The monoisotopic (exact) mass is 510 g/mol. The van der Waals surface area contributed by atoms with Crippen LogP contribution in [-0.4, -0.2) is 0 Å². The Morgan fingerprint density at radius 2 is 1.00 bits per heavy atom. The summed E-state index contributed by atoms with van der Waals surface area (Å²) in [6, 6.07) is 45.1. The van der Waals surface area contributed by atoms with Crippen LogP contribution in [0.1, 0.15) is 0 Å². The SMILES string of the molecule is c1ccc2c(c1)ccc1occ(-c3c4ccccc4c(-c4ccc5c(c4)oc4ccccc45)c4ccccc34)c12. The minimum absolute atomic E-state index is 0.904. The van der Waals surface area contributed by atoms with Gasteiger partial charge >= 0.3 is 0 Å². The maximum Gasteiger partial charge on any atom is 0.136 e. The summed E-state index contributed by atoms with van der Waals surface area (Å²) in [5, 5.41) is 10.7. The molecule has 0 fully saturated rings. The van der Waals surface area contributed by atoms with Crippen LogP contribution in [0.2, 0.25) is 0 Å². The molecule has 0 saturated carbocycles. The zero-order chi connectivity index (χ0) is 26.2. The molecular weight excluding hydrogens is 488 g/mol. The van der Waals surface area contributed by atoms with Gasteiger partial charge in [-0.3, -0.25) is 0 Å². The normalized spacial score (nSPS) is 12.0. The van der Waals surface area contributed by atoms with Gasteiger partial charge in [-0.1, -0.05) is 103 Å². The molecule has 0 unspecified atom stereocenters. The molecule has 40 heavy (non-hydrogen) atoms. The highest BCUT2D eigenvalue weighted by Crippen LogP contribution is 2.47. The van der Waals surface area contributed by atoms with Gasteiger partial charge in [0.15, 0.2) is 0 Å². The van der Waals surface area contributed by atoms with Crippen LogP contribution < -0.4 is 0 Å². The molecule has 9 aromatic rings. The molecule has 2 aromatic heterocycles. The second-order valence-corrected chi connectivity index (χ2v) is 10.5. The highest BCUT2D eigenvalue weighted by atomic mass is 16.3. The average Bonchev–Trinajstić information content (AvgIpc) is 3.61. The molecule has 0 radical (unpaired) electrons. The summed E-state index contributed by atoms with van der Waals surface area (Å²) in [7, 11) is 0. The van der Waals surface area contributed by atoms with Crippen LogP contribution in [0.25, 0.3) is 87.5 Å². The maximum atomic E-state index is 6.30. The standard InChI is InChI=1S/C38H22O2/c1-2-10-25-23(9-1)18-20-34-38(25)32(22-39-34)37-30-14-5-3-12-28(30)36(29-13-4-6-15-31(29)37)24-17-19-27-26-11-7-8-16-33(26)40-35(27)21-24/h1-22H. The molecule has 2 nitrogen and oxygen atoms in total. The summed E-state index contributed by atoms with van der Waals surface area (Å²) in [4.78, 5) is 0. The molecule has 0 aliphatic heterocycles. The predicted octanol–water partition coefficient (Wildman–Crippen LogP) is 11.1. The largest absolute Gasteiger partial charge is 0.464 e. The van der Waals surface area contributed by atoms with Crippen LogP contribution in [0.15, 0.2) is 142 Å². The van der Waals surface area contributed by atoms with Crippen molar-refractivity contribution in [3.63, 3.8) is 0 Å². The van der Waals surface area contributed by atoms with Gasteiger partial charge in [0.2, 0.25) is 0 Å². The van der Waals surface area contributed by atoms with E-state index < -0.39 is 0 Å². The zero-order valence-corrected chi connectivity index (χ0v) is 21.5. The van der Waals surface area contributed by atoms with Gasteiger partial charge in [0.25, 0.3) is 0 Å². The quantitative estimate of drug-likeness (QED) is 0.216. The molecule has 0 N–H and O–H groups in total. The molecular formula is C38H22O2. The van der Waals surface area contributed by atoms with Crippen LogP contribution in [0.3, 0.4) is 0 Å². The molecule has 186 valence electrons. The van der Waals surface area contributed by atoms with Crippen molar-refractivity contribution in [3.8, 4) is 22.3 Å². The Hall–Kier alpha value is -5.34. The van der Waals surface area contributed by atoms with Gasteiger partial charge in [-0.05, 0) is 67.7 Å². The topological polar surface area (TPSA) is 26.3 Å². The van der Waals surface area contributed by atoms with Crippen LogP contribution in [0, 0.1) is 0 Å². The highest BCUT2D eigenvalue weighted by molar-refractivity contribution is 6.26. The Bertz CT molecular complexity index is 2380. The molecule has 2 heteroatoms. The first kappa shape index (κ1) is 21.6. The number of hydrogen-bond donors (Lipinski definition) is 0. The van der Waals surface area contributed by atoms with Gasteiger partial charge in [0.1, 0.15) is 16.7 Å². The summed E-state index contributed by atoms with van der Waals surface area (Å²) >= 11 is 0. The molecule has 0 bridgehead atoms. The lowest BCUT2D eigenvalue weighted by atomic mass is 9.85. The fourth-order valence-electron chi connectivity index (χ4n) is 6.60. The summed E-state index contributed by atoms with van der Waals surface area (Å²) < 4.78 is 12.5. The van der Waals surface area contributed by atoms with Crippen LogP contribution in [-0.2, 0) is 0 Å². The van der Waals surface area contributed by atoms with Crippen molar-refractivity contribution in [2.75, 3.05) is 0 Å². The molecule has 0 aliphatic carbocycles. The van der Waals surface area contributed by atoms with Crippen LogP contribution in [0.4, 0.5) is 0 Å². The predicted molar refractivity (Wildman–Crippen MR) is 167 cm³/mol. The van der Waals surface area contributed by atoms with E-state index in [1.54, 1.807) is 0 Å². The Morgan fingerprint density at radius 3 is 1.75 bits per heavy atom. The molecule has 9 rings (SSSR count). The summed E-state index contributed by atoms with van der Waals surface area (Å²) in [5.74, 6) is 0. The van der Waals surface area contributed by atoms with E-state index in [9.17, 15) is 0 Å². The fourth-order valence-corrected chi connectivity index (χ4v) is 6.60. The van der Waals surface area contributed by atoms with E-state index >= 15 is 0 Å². The number of rotatable bonds is 2. The van der Waals surface area contributed by atoms with Gasteiger partial charge in [0, 0.05) is 27.3 Å². The van der Waals surface area contributed by atoms with Gasteiger partial charge in [-0.25, -0.2) is 0 Å². The lowest BCUT2D eigenvalue weighted by Gasteiger charge is -2.17. The van der Waals surface area contributed by atoms with Crippen molar-refractivity contribution >= 4 is 65.2 Å². The van der Waals surface area contributed by atoms with E-state index in [1.165, 1.54) is 43.4 Å². The molecule has 0 saturated heterocycles. The van der Waals surface area contributed by atoms with Crippen molar-refractivity contribution in [2.24, 2.45) is 0 Å². The third-order valence-corrected chi connectivity index (χ3v) is 8.33. The van der Waals surface area contributed by atoms with Crippen molar-refractivity contribution in [1.29, 1.82) is 0 Å². The lowest BCUT2D eigenvalue weighted by molar-refractivity contribution is 0.617. The molecule has 0 aliphatic rings. The molecule has 0 atom stereocenters. The second-order valence-electron chi connectivity index (χ2n) is 10.5. The van der Waals surface area contributed by atoms with Gasteiger partial charge in [0.05, 0.1) is 6.26 Å². The first-order valence-corrected chi connectivity index (χ1v) is 13.6. The number of furan rings is 2. The van der Waals surface area contributed by atoms with E-state index in [0.717, 1.165) is 44.0 Å². The lowest BCUT2D eigenvalue weighted by Crippen LogP contribution is -1.90. The minimum Gasteiger partial charge on any atom is -0.464 e. The maximum absolute atomic E-state index is 6.30. The highest BCUT2D eigenvalue weighted by Gasteiger charge is 2.21. The number of benzene rings is 7. The summed E-state index contributed by atoms with van der Waals surface area (Å²) in [6.07, 6.45) is 1.94. The van der Waals surface area contributed by atoms with E-state index in [0.29, 0.717) is 0 Å². The van der Waals surface area contributed by atoms with Crippen molar-refractivity contribution in [2.45, 2.75) is 0 Å². The fraction of sp³-hybridized carbons (Fsp3) is 0. The Morgan fingerprint density at radius 1 is 0.400 bits per heavy atom. The summed E-state index contributed by atoms with van der Waals surface area (Å²) in [5.41, 5.74) is 7.42. The van der Waals surface area contributed by atoms with Gasteiger partial charge in [-0.15, -0.1) is 0 Å². The first-order valence-electron chi connectivity index (χ1n) is 13.6. The van der Waals surface area contributed by atoms with Crippen molar-refractivity contribution < 1.29 is 8.83 Å². The van der Waals surface area contributed by atoms with Crippen LogP contribution >= 0.6 is 0 Å². The zero-order valence-electron chi connectivity index (χ0n) is 21.5. The van der Waals surface area contributed by atoms with E-state index in [-0.39, 0.29) is 0 Å². The van der Waals surface area contributed by atoms with E-state index in [1.807, 2.05) is 18.4 Å². The number of fused-ring (bicyclic) bond motifs is 8. The number of hydrogen-bond acceptors (Lipinski definition) is 2. The van der Waals surface area contributed by atoms with E-state index in [2.05, 4.69) is 115 Å². The average molecular weight is 511 g/mol. The first-order chi connectivity index (χ1) is 19.8. The molecule has 7 aromatic carbocycles. The minimum atomic E-state index is 0.904. The molecule has 0 spiro atoms. The Labute approximate surface area is 229 Å². The Kier molecular flexibility index (Phi) is 4.36. The van der Waals surface area contributed by atoms with Gasteiger partial charge in [-0.2, -0.15) is 0 Å². The third kappa shape index (κ3) is 2.93. The summed E-state index contributed by atoms with van der Waals surface area (Å²) in [6.45, 7) is 0. The Balaban J connectivity index is 1.41. The number of para-hydroxylation sites is 1. The van der Waals surface area contributed by atoms with E-state index in [4.69, 9.17) is 8.83 Å². The second kappa shape index (κ2) is 8.08. The van der Waals surface area contributed by atoms with Crippen molar-refractivity contribution in [1.82, 2.24) is 0 Å². The smallest absolute Gasteiger partial charge is 0.136 e. The van der Waals surface area contributed by atoms with Crippen LogP contribution in [0.5, 0.6) is 0 Å². The van der Waals surface area contributed by atoms with Crippen molar-refractivity contribution in [3.05, 3.63) is 134 Å². The van der Waals surface area contributed by atoms with Gasteiger partial charge < -0.3 is 8.83 Å². The molecule has 0 amide bonds. The molecule has 2 heterocycles. The third-order valence-electron chi connectivity index (χ3n) is 8.33.